The lowest BCUT2D eigenvalue weighted by atomic mass is 10.2. The van der Waals surface area contributed by atoms with Crippen molar-refractivity contribution in [1.82, 2.24) is 16.0 Å². The lowest BCUT2D eigenvalue weighted by Gasteiger charge is -2.19. The summed E-state index contributed by atoms with van der Waals surface area (Å²) < 4.78 is 4.63. The molecular weight excluding hydrogens is 296 g/mol. The van der Waals surface area contributed by atoms with Gasteiger partial charge in [0.1, 0.15) is 25.4 Å². The number of carbonyl (C=O) groups excluding carboxylic acids is 3. The molecule has 126 valence electrons. The van der Waals surface area contributed by atoms with Crippen molar-refractivity contribution < 1.29 is 29.0 Å². The highest BCUT2D eigenvalue weighted by Gasteiger charge is 2.21. The Kier molecular flexibility index (Phi) is 8.72. The molecule has 0 aromatic carbocycles. The highest BCUT2D eigenvalue weighted by molar-refractivity contribution is 5.92. The number of hydrogen-bond acceptors (Lipinski definition) is 6. The molecule has 10 heteroatoms. The molecule has 1 unspecified atom stereocenters. The number of hydrogen-bond donors (Lipinski definition) is 5. The summed E-state index contributed by atoms with van der Waals surface area (Å²) in [6.45, 7) is 3.54. The van der Waals surface area contributed by atoms with Crippen LogP contribution in [0.4, 0.5) is 0 Å². The quantitative estimate of drug-likeness (QED) is 0.232. The Balaban J connectivity index is 4.14. The number of amides is 3. The first-order valence-corrected chi connectivity index (χ1v) is 6.58. The second-order valence-corrected chi connectivity index (χ2v) is 4.68. The number of nitrogens with one attached hydrogen (secondary N) is 3. The molecule has 3 amide bonds. The van der Waals surface area contributed by atoms with Crippen LogP contribution in [0, 0.1) is 0 Å². The van der Waals surface area contributed by atoms with Crippen LogP contribution in [0.25, 0.3) is 0 Å². The van der Waals surface area contributed by atoms with Gasteiger partial charge >= 0.3 is 5.97 Å². The van der Waals surface area contributed by atoms with Gasteiger partial charge in [0.15, 0.2) is 0 Å². The number of ether oxygens (including phenoxy) is 1. The second kappa shape index (κ2) is 9.68. The molecule has 0 aromatic rings. The van der Waals surface area contributed by atoms with Crippen LogP contribution in [-0.2, 0) is 23.9 Å². The van der Waals surface area contributed by atoms with Crippen molar-refractivity contribution in [2.45, 2.75) is 38.9 Å². The zero-order valence-electron chi connectivity index (χ0n) is 12.7. The molecule has 0 saturated heterocycles. The zero-order valence-corrected chi connectivity index (χ0v) is 12.7. The van der Waals surface area contributed by atoms with Gasteiger partial charge in [-0.15, -0.1) is 0 Å². The Morgan fingerprint density at radius 2 is 1.50 bits per heavy atom. The van der Waals surface area contributed by atoms with Crippen LogP contribution in [0.3, 0.4) is 0 Å². The van der Waals surface area contributed by atoms with Crippen molar-refractivity contribution in [2.75, 3.05) is 13.3 Å². The standard InChI is InChI=1S/C12H22N4O6/c1-6(13)10(19)15-8(3)12(21)16-7(2)11(20)14-5-22-4-9(17)18/h6-8H,4-5,13H2,1-3H3,(H,14,20)(H,15,19)(H,16,21)(H,17,18)/t6-,7-,8?/m0/s1. The predicted octanol–water partition coefficient (Wildman–Crippen LogP) is -2.48. The topological polar surface area (TPSA) is 160 Å². The van der Waals surface area contributed by atoms with Gasteiger partial charge in [-0.05, 0) is 20.8 Å². The molecule has 0 aromatic heterocycles. The smallest absolute Gasteiger partial charge is 0.329 e. The molecule has 0 aliphatic heterocycles. The minimum absolute atomic E-state index is 0.289. The summed E-state index contributed by atoms with van der Waals surface area (Å²) in [4.78, 5) is 44.9. The van der Waals surface area contributed by atoms with Crippen LogP contribution < -0.4 is 21.7 Å². The molecule has 0 aliphatic carbocycles. The minimum Gasteiger partial charge on any atom is -0.480 e. The van der Waals surface area contributed by atoms with E-state index in [0.717, 1.165) is 0 Å². The highest BCUT2D eigenvalue weighted by atomic mass is 16.5. The SMILES string of the molecule is CC(NC(=O)[C@H](C)N)C(=O)N[C@@H](C)C(=O)NCOCC(=O)O. The van der Waals surface area contributed by atoms with Crippen LogP contribution in [-0.4, -0.2) is 60.3 Å². The Bertz CT molecular complexity index is 426. The highest BCUT2D eigenvalue weighted by Crippen LogP contribution is 1.89. The van der Waals surface area contributed by atoms with E-state index in [4.69, 9.17) is 10.8 Å². The first kappa shape index (κ1) is 19.8. The monoisotopic (exact) mass is 318 g/mol. The van der Waals surface area contributed by atoms with Gasteiger partial charge in [0, 0.05) is 0 Å². The third-order valence-corrected chi connectivity index (χ3v) is 2.49. The molecule has 0 fully saturated rings. The van der Waals surface area contributed by atoms with E-state index in [-0.39, 0.29) is 6.73 Å². The molecule has 10 nitrogen and oxygen atoms in total. The number of rotatable bonds is 9. The van der Waals surface area contributed by atoms with Crippen molar-refractivity contribution in [1.29, 1.82) is 0 Å². The number of carboxylic acids is 1. The molecule has 0 spiro atoms. The maximum Gasteiger partial charge on any atom is 0.329 e. The van der Waals surface area contributed by atoms with Gasteiger partial charge in [0.25, 0.3) is 0 Å². The van der Waals surface area contributed by atoms with E-state index in [1.165, 1.54) is 20.8 Å². The molecule has 0 heterocycles. The van der Waals surface area contributed by atoms with Crippen LogP contribution in [0.2, 0.25) is 0 Å². The number of nitrogens with two attached hydrogens (primary N) is 1. The third kappa shape index (κ3) is 8.17. The fraction of sp³-hybridized carbons (Fsp3) is 0.667. The predicted molar refractivity (Wildman–Crippen MR) is 75.5 cm³/mol. The molecule has 6 N–H and O–H groups in total. The molecule has 22 heavy (non-hydrogen) atoms. The molecular formula is C12H22N4O6. The number of carbonyl (C=O) groups is 4. The van der Waals surface area contributed by atoms with E-state index in [9.17, 15) is 19.2 Å². The van der Waals surface area contributed by atoms with Gasteiger partial charge in [0.05, 0.1) is 6.04 Å². The molecule has 0 aliphatic rings. The summed E-state index contributed by atoms with van der Waals surface area (Å²) in [5.41, 5.74) is 5.36. The lowest BCUT2D eigenvalue weighted by Crippen LogP contribution is -2.53. The lowest BCUT2D eigenvalue weighted by molar-refractivity contribution is -0.143. The van der Waals surface area contributed by atoms with Gasteiger partial charge in [0.2, 0.25) is 17.7 Å². The van der Waals surface area contributed by atoms with Crippen LogP contribution in [0.1, 0.15) is 20.8 Å². The molecule has 3 atom stereocenters. The summed E-state index contributed by atoms with van der Waals surface area (Å²) in [6, 6.07) is -2.48. The first-order valence-electron chi connectivity index (χ1n) is 6.58. The van der Waals surface area contributed by atoms with E-state index in [1.807, 2.05) is 0 Å². The summed E-state index contributed by atoms with van der Waals surface area (Å²) in [5, 5.41) is 15.4. The van der Waals surface area contributed by atoms with E-state index >= 15 is 0 Å². The van der Waals surface area contributed by atoms with Gasteiger partial charge in [-0.3, -0.25) is 14.4 Å². The van der Waals surface area contributed by atoms with Crippen LogP contribution in [0.15, 0.2) is 0 Å². The van der Waals surface area contributed by atoms with Crippen molar-refractivity contribution in [3.05, 3.63) is 0 Å². The molecule has 0 radical (unpaired) electrons. The first-order chi connectivity index (χ1) is 10.1. The second-order valence-electron chi connectivity index (χ2n) is 4.68. The summed E-state index contributed by atoms with van der Waals surface area (Å²) in [7, 11) is 0. The molecule has 0 saturated carbocycles. The van der Waals surface area contributed by atoms with E-state index in [0.29, 0.717) is 0 Å². The molecule has 0 bridgehead atoms. The van der Waals surface area contributed by atoms with E-state index in [2.05, 4.69) is 20.7 Å². The van der Waals surface area contributed by atoms with Crippen LogP contribution >= 0.6 is 0 Å². The molecule has 0 rings (SSSR count). The van der Waals surface area contributed by atoms with Crippen molar-refractivity contribution in [2.24, 2.45) is 5.73 Å². The summed E-state index contributed by atoms with van der Waals surface area (Å²) in [5.74, 6) is -2.75. The fourth-order valence-electron chi connectivity index (χ4n) is 1.23. The maximum atomic E-state index is 11.8. The minimum atomic E-state index is -1.16. The van der Waals surface area contributed by atoms with Gasteiger partial charge < -0.3 is 31.5 Å². The van der Waals surface area contributed by atoms with Gasteiger partial charge in [-0.25, -0.2) is 4.79 Å². The Hall–Kier alpha value is -2.20. The van der Waals surface area contributed by atoms with Gasteiger partial charge in [-0.2, -0.15) is 0 Å². The Labute approximate surface area is 127 Å². The maximum absolute atomic E-state index is 11.8. The Morgan fingerprint density at radius 3 is 2.00 bits per heavy atom. The van der Waals surface area contributed by atoms with Gasteiger partial charge in [-0.1, -0.05) is 0 Å². The zero-order chi connectivity index (χ0) is 17.3. The average molecular weight is 318 g/mol. The van der Waals surface area contributed by atoms with Crippen molar-refractivity contribution in [3.63, 3.8) is 0 Å². The number of aliphatic carboxylic acids is 1. The largest absolute Gasteiger partial charge is 0.480 e. The fourth-order valence-corrected chi connectivity index (χ4v) is 1.23. The Morgan fingerprint density at radius 1 is 1.00 bits per heavy atom. The van der Waals surface area contributed by atoms with Crippen molar-refractivity contribution in [3.8, 4) is 0 Å². The average Bonchev–Trinajstić information content (AvgIpc) is 2.42. The third-order valence-electron chi connectivity index (χ3n) is 2.49. The summed E-state index contributed by atoms with van der Waals surface area (Å²) in [6.07, 6.45) is 0. The van der Waals surface area contributed by atoms with E-state index in [1.54, 1.807) is 0 Å². The van der Waals surface area contributed by atoms with Crippen LogP contribution in [0.5, 0.6) is 0 Å². The van der Waals surface area contributed by atoms with E-state index < -0.39 is 48.4 Å². The summed E-state index contributed by atoms with van der Waals surface area (Å²) >= 11 is 0. The van der Waals surface area contributed by atoms with Crippen molar-refractivity contribution >= 4 is 23.7 Å². The normalized spacial score (nSPS) is 14.4. The number of carboxylic acid groups (broad SMARTS) is 1.